The molecular formula is C16H14BrCl2N3O3. The molecule has 3 N–H and O–H groups in total. The third-order valence-electron chi connectivity index (χ3n) is 3.06. The van der Waals surface area contributed by atoms with Crippen LogP contribution in [0.2, 0.25) is 10.0 Å². The van der Waals surface area contributed by atoms with Crippen LogP contribution in [0.1, 0.15) is 11.1 Å². The van der Waals surface area contributed by atoms with Gasteiger partial charge in [-0.05, 0) is 40.2 Å². The molecule has 132 valence electrons. The average molecular weight is 447 g/mol. The van der Waals surface area contributed by atoms with Crippen molar-refractivity contribution in [3.63, 3.8) is 0 Å². The molecule has 9 heteroatoms. The fourth-order valence-corrected chi connectivity index (χ4v) is 2.77. The Balaban J connectivity index is 2.19. The molecule has 0 aromatic heterocycles. The van der Waals surface area contributed by atoms with Crippen LogP contribution in [0.5, 0.6) is 11.5 Å². The molecular weight excluding hydrogens is 433 g/mol. The van der Waals surface area contributed by atoms with E-state index in [9.17, 15) is 4.79 Å². The molecule has 0 heterocycles. The van der Waals surface area contributed by atoms with Crippen molar-refractivity contribution in [2.75, 3.05) is 7.11 Å². The lowest BCUT2D eigenvalue weighted by Crippen LogP contribution is -2.24. The zero-order valence-electron chi connectivity index (χ0n) is 13.1. The summed E-state index contributed by atoms with van der Waals surface area (Å²) in [6, 6.07) is 7.87. The zero-order chi connectivity index (χ0) is 18.4. The third kappa shape index (κ3) is 5.52. The Hall–Kier alpha value is -1.96. The molecule has 0 spiro atoms. The number of amides is 2. The summed E-state index contributed by atoms with van der Waals surface area (Å²) in [4.78, 5) is 10.6. The smallest absolute Gasteiger partial charge is 0.332 e. The van der Waals surface area contributed by atoms with Crippen molar-refractivity contribution in [2.24, 2.45) is 10.8 Å². The lowest BCUT2D eigenvalue weighted by molar-refractivity contribution is 0.249. The average Bonchev–Trinajstić information content (AvgIpc) is 2.55. The van der Waals surface area contributed by atoms with Crippen molar-refractivity contribution in [3.05, 3.63) is 56.0 Å². The maximum Gasteiger partial charge on any atom is 0.332 e. The van der Waals surface area contributed by atoms with E-state index in [2.05, 4.69) is 26.5 Å². The van der Waals surface area contributed by atoms with Crippen LogP contribution in [0.3, 0.4) is 0 Å². The number of primary amides is 1. The fourth-order valence-electron chi connectivity index (χ4n) is 1.88. The van der Waals surface area contributed by atoms with Crippen LogP contribution in [0, 0.1) is 0 Å². The van der Waals surface area contributed by atoms with E-state index in [4.69, 9.17) is 38.4 Å². The number of nitrogens with one attached hydrogen (secondary N) is 1. The molecule has 0 aliphatic rings. The maximum atomic E-state index is 10.6. The highest BCUT2D eigenvalue weighted by Gasteiger charge is 2.11. The molecule has 0 bridgehead atoms. The Labute approximate surface area is 163 Å². The maximum absolute atomic E-state index is 10.6. The van der Waals surface area contributed by atoms with Gasteiger partial charge in [0.05, 0.1) is 13.3 Å². The highest BCUT2D eigenvalue weighted by atomic mass is 79.9. The first-order chi connectivity index (χ1) is 11.9. The van der Waals surface area contributed by atoms with Gasteiger partial charge >= 0.3 is 6.03 Å². The summed E-state index contributed by atoms with van der Waals surface area (Å²) in [5.41, 5.74) is 8.53. The van der Waals surface area contributed by atoms with Gasteiger partial charge in [0.25, 0.3) is 0 Å². The summed E-state index contributed by atoms with van der Waals surface area (Å²) in [5.74, 6) is 1.01. The number of carbonyl (C=O) groups excluding carboxylic acids is 1. The normalized spacial score (nSPS) is 10.7. The summed E-state index contributed by atoms with van der Waals surface area (Å²) in [5, 5.41) is 4.79. The van der Waals surface area contributed by atoms with E-state index >= 15 is 0 Å². The highest BCUT2D eigenvalue weighted by molar-refractivity contribution is 9.10. The molecule has 0 saturated carbocycles. The number of hydrogen-bond acceptors (Lipinski definition) is 4. The van der Waals surface area contributed by atoms with Crippen LogP contribution in [0.4, 0.5) is 4.79 Å². The number of urea groups is 1. The second-order valence-corrected chi connectivity index (χ2v) is 6.48. The first-order valence-electron chi connectivity index (χ1n) is 6.93. The van der Waals surface area contributed by atoms with E-state index in [1.165, 1.54) is 13.3 Å². The second kappa shape index (κ2) is 8.94. The quantitative estimate of drug-likeness (QED) is 0.510. The van der Waals surface area contributed by atoms with Gasteiger partial charge in [-0.1, -0.05) is 29.3 Å². The number of rotatable bonds is 6. The van der Waals surface area contributed by atoms with Crippen LogP contribution < -0.4 is 20.6 Å². The molecule has 0 fully saturated rings. The second-order valence-electron chi connectivity index (χ2n) is 4.78. The van der Waals surface area contributed by atoms with Gasteiger partial charge in [-0.2, -0.15) is 5.10 Å². The molecule has 0 unspecified atom stereocenters. The van der Waals surface area contributed by atoms with Crippen molar-refractivity contribution < 1.29 is 14.3 Å². The molecule has 6 nitrogen and oxygen atoms in total. The summed E-state index contributed by atoms with van der Waals surface area (Å²) in [6.07, 6.45) is 1.43. The third-order valence-corrected chi connectivity index (χ3v) is 4.33. The van der Waals surface area contributed by atoms with Gasteiger partial charge < -0.3 is 15.2 Å². The molecule has 2 aromatic carbocycles. The highest BCUT2D eigenvalue weighted by Crippen LogP contribution is 2.34. The molecule has 0 radical (unpaired) electrons. The van der Waals surface area contributed by atoms with Crippen LogP contribution in [0.25, 0.3) is 0 Å². The Morgan fingerprint density at radius 3 is 2.72 bits per heavy atom. The number of benzene rings is 2. The van der Waals surface area contributed by atoms with Gasteiger partial charge in [0.15, 0.2) is 11.5 Å². The summed E-state index contributed by atoms with van der Waals surface area (Å²) in [7, 11) is 1.52. The van der Waals surface area contributed by atoms with E-state index < -0.39 is 6.03 Å². The van der Waals surface area contributed by atoms with Crippen molar-refractivity contribution in [1.82, 2.24) is 5.43 Å². The predicted molar refractivity (Wildman–Crippen MR) is 102 cm³/mol. The number of carbonyl (C=O) groups is 1. The minimum atomic E-state index is -0.751. The van der Waals surface area contributed by atoms with Gasteiger partial charge in [-0.3, -0.25) is 0 Å². The number of halogens is 3. The SMILES string of the molecule is COc1cc(C=NNC(N)=O)c(Br)cc1OCc1ccc(Cl)cc1Cl. The molecule has 0 aliphatic carbocycles. The van der Waals surface area contributed by atoms with Crippen molar-refractivity contribution in [1.29, 1.82) is 0 Å². The fraction of sp³-hybridized carbons (Fsp3) is 0.125. The van der Waals surface area contributed by atoms with Crippen molar-refractivity contribution in [3.8, 4) is 11.5 Å². The number of hydrogen-bond donors (Lipinski definition) is 2. The minimum absolute atomic E-state index is 0.246. The zero-order valence-corrected chi connectivity index (χ0v) is 16.2. The van der Waals surface area contributed by atoms with E-state index in [-0.39, 0.29) is 6.61 Å². The summed E-state index contributed by atoms with van der Waals surface area (Å²) in [6.45, 7) is 0.246. The Bertz CT molecular complexity index is 815. The number of methoxy groups -OCH3 is 1. The molecule has 2 rings (SSSR count). The number of ether oxygens (including phenoxy) is 2. The number of hydrazone groups is 1. The van der Waals surface area contributed by atoms with Gasteiger partial charge in [0.1, 0.15) is 6.61 Å². The summed E-state index contributed by atoms with van der Waals surface area (Å²) >= 11 is 15.4. The molecule has 0 saturated heterocycles. The molecule has 25 heavy (non-hydrogen) atoms. The van der Waals surface area contributed by atoms with Gasteiger partial charge in [0, 0.05) is 25.6 Å². The molecule has 2 aromatic rings. The number of nitrogens with two attached hydrogens (primary N) is 1. The van der Waals surface area contributed by atoms with E-state index in [1.807, 2.05) is 0 Å². The van der Waals surface area contributed by atoms with E-state index in [1.54, 1.807) is 30.3 Å². The predicted octanol–water partition coefficient (Wildman–Crippen LogP) is 4.35. The van der Waals surface area contributed by atoms with Crippen molar-refractivity contribution >= 4 is 51.4 Å². The van der Waals surface area contributed by atoms with Crippen LogP contribution >= 0.6 is 39.1 Å². The van der Waals surface area contributed by atoms with E-state index in [0.717, 1.165) is 5.56 Å². The van der Waals surface area contributed by atoms with Crippen LogP contribution in [-0.4, -0.2) is 19.4 Å². The molecule has 2 amide bonds. The Kier molecular flexibility index (Phi) is 6.92. The lowest BCUT2D eigenvalue weighted by atomic mass is 10.2. The minimum Gasteiger partial charge on any atom is -0.493 e. The Morgan fingerprint density at radius 2 is 2.08 bits per heavy atom. The first kappa shape index (κ1) is 19.4. The van der Waals surface area contributed by atoms with E-state index in [0.29, 0.717) is 31.6 Å². The van der Waals surface area contributed by atoms with Crippen molar-refractivity contribution in [2.45, 2.75) is 6.61 Å². The first-order valence-corrected chi connectivity index (χ1v) is 8.48. The van der Waals surface area contributed by atoms with Gasteiger partial charge in [-0.15, -0.1) is 0 Å². The molecule has 0 atom stereocenters. The van der Waals surface area contributed by atoms with Gasteiger partial charge in [-0.25, -0.2) is 10.2 Å². The monoisotopic (exact) mass is 445 g/mol. The standard InChI is InChI=1S/C16H14BrCl2N3O3/c1-24-14-4-10(7-21-22-16(20)23)12(17)6-15(14)25-8-9-2-3-11(18)5-13(9)19/h2-7H,8H2,1H3,(H3,20,22,23). The number of nitrogens with zero attached hydrogens (tertiary/aromatic N) is 1. The Morgan fingerprint density at radius 1 is 1.32 bits per heavy atom. The lowest BCUT2D eigenvalue weighted by Gasteiger charge is -2.13. The summed E-state index contributed by atoms with van der Waals surface area (Å²) < 4.78 is 11.8. The molecule has 0 aliphatic heterocycles. The van der Waals surface area contributed by atoms with Gasteiger partial charge in [0.2, 0.25) is 0 Å². The van der Waals surface area contributed by atoms with Crippen LogP contribution in [-0.2, 0) is 6.61 Å². The topological polar surface area (TPSA) is 85.9 Å². The largest absolute Gasteiger partial charge is 0.493 e. The van der Waals surface area contributed by atoms with Crippen LogP contribution in [0.15, 0.2) is 39.9 Å².